The Balaban J connectivity index is 2.62. The monoisotopic (exact) mass is 256 g/mol. The highest BCUT2D eigenvalue weighted by atomic mass is 35.5. The molecule has 0 saturated heterocycles. The van der Waals surface area contributed by atoms with Gasteiger partial charge in [-0.3, -0.25) is 0 Å². The molecule has 5 heteroatoms. The van der Waals surface area contributed by atoms with Gasteiger partial charge < -0.3 is 5.11 Å². The van der Waals surface area contributed by atoms with Crippen LogP contribution >= 0.6 is 23.2 Å². The molecular weight excluding hydrogens is 247 g/mol. The second kappa shape index (κ2) is 4.45. The van der Waals surface area contributed by atoms with Gasteiger partial charge in [0.05, 0.1) is 28.0 Å². The van der Waals surface area contributed by atoms with E-state index >= 15 is 0 Å². The number of rotatable bonds is 2. The van der Waals surface area contributed by atoms with Crippen molar-refractivity contribution in [1.29, 1.82) is 0 Å². The maximum absolute atomic E-state index is 9.25. The normalized spacial score (nSPS) is 10.8. The first-order valence-corrected chi connectivity index (χ1v) is 5.49. The third-order valence-corrected chi connectivity index (χ3v) is 2.98. The summed E-state index contributed by atoms with van der Waals surface area (Å²) >= 11 is 12.0. The number of aliphatic hydroxyl groups excluding tert-OH is 1. The first-order chi connectivity index (χ1) is 7.63. The lowest BCUT2D eigenvalue weighted by atomic mass is 10.2. The zero-order valence-corrected chi connectivity index (χ0v) is 10.1. The van der Waals surface area contributed by atoms with Crippen molar-refractivity contribution >= 4 is 23.2 Å². The molecule has 3 nitrogen and oxygen atoms in total. The molecule has 0 aliphatic heterocycles. The summed E-state index contributed by atoms with van der Waals surface area (Å²) in [6.45, 7) is 1.72. The van der Waals surface area contributed by atoms with Crippen molar-refractivity contribution in [2.24, 2.45) is 0 Å². The van der Waals surface area contributed by atoms with E-state index in [-0.39, 0.29) is 6.61 Å². The van der Waals surface area contributed by atoms with Gasteiger partial charge in [-0.25, -0.2) is 4.68 Å². The van der Waals surface area contributed by atoms with E-state index in [0.717, 1.165) is 5.69 Å². The van der Waals surface area contributed by atoms with Gasteiger partial charge in [0.1, 0.15) is 0 Å². The molecule has 0 aliphatic carbocycles. The lowest BCUT2D eigenvalue weighted by Crippen LogP contribution is -2.01. The minimum Gasteiger partial charge on any atom is -0.392 e. The highest BCUT2D eigenvalue weighted by Gasteiger charge is 2.11. The van der Waals surface area contributed by atoms with Crippen LogP contribution in [0, 0.1) is 6.92 Å². The molecule has 0 spiro atoms. The summed E-state index contributed by atoms with van der Waals surface area (Å²) < 4.78 is 1.59. The Morgan fingerprint density at radius 2 is 2.06 bits per heavy atom. The molecule has 2 rings (SSSR count). The number of aryl methyl sites for hydroxylation is 1. The molecular formula is C11H10Cl2N2O. The van der Waals surface area contributed by atoms with Gasteiger partial charge in [-0.15, -0.1) is 0 Å². The minimum absolute atomic E-state index is 0.0909. The average molecular weight is 257 g/mol. The predicted octanol–water partition coefficient (Wildman–Crippen LogP) is 2.98. The molecule has 0 fully saturated rings. The maximum Gasteiger partial charge on any atom is 0.0887 e. The van der Waals surface area contributed by atoms with Gasteiger partial charge in [0.2, 0.25) is 0 Å². The Hall–Kier alpha value is -1.03. The summed E-state index contributed by atoms with van der Waals surface area (Å²) in [5, 5.41) is 14.6. The average Bonchev–Trinajstić information content (AvgIpc) is 2.58. The second-order valence-corrected chi connectivity index (χ2v) is 4.23. The number of nitrogens with zero attached hydrogens (tertiary/aromatic N) is 2. The molecule has 1 aromatic carbocycles. The van der Waals surface area contributed by atoms with E-state index in [1.165, 1.54) is 0 Å². The standard InChI is InChI=1S/C11H10Cl2N2O/c1-7-10(13)5-15(14-7)11-8(6-16)3-2-4-9(11)12/h2-5,16H,6H2,1H3. The van der Waals surface area contributed by atoms with Gasteiger partial charge in [-0.1, -0.05) is 35.3 Å². The SMILES string of the molecule is Cc1nn(-c2c(Cl)cccc2CO)cc1Cl. The van der Waals surface area contributed by atoms with Gasteiger partial charge >= 0.3 is 0 Å². The van der Waals surface area contributed by atoms with Crippen molar-refractivity contribution in [3.8, 4) is 5.69 Å². The van der Waals surface area contributed by atoms with E-state index in [9.17, 15) is 5.11 Å². The molecule has 0 unspecified atom stereocenters. The van der Waals surface area contributed by atoms with Crippen LogP contribution in [0.25, 0.3) is 5.69 Å². The lowest BCUT2D eigenvalue weighted by Gasteiger charge is -2.09. The van der Waals surface area contributed by atoms with Crippen molar-refractivity contribution in [2.45, 2.75) is 13.5 Å². The van der Waals surface area contributed by atoms with Gasteiger partial charge in [0.15, 0.2) is 0 Å². The summed E-state index contributed by atoms with van der Waals surface area (Å²) in [6, 6.07) is 5.34. The van der Waals surface area contributed by atoms with Gasteiger partial charge in [-0.2, -0.15) is 5.10 Å². The van der Waals surface area contributed by atoms with Crippen LogP contribution in [0.15, 0.2) is 24.4 Å². The molecule has 0 saturated carbocycles. The predicted molar refractivity (Wildman–Crippen MR) is 64.2 cm³/mol. The second-order valence-electron chi connectivity index (χ2n) is 3.41. The molecule has 0 amide bonds. The van der Waals surface area contributed by atoms with Gasteiger partial charge in [0, 0.05) is 11.8 Å². The Kier molecular flexibility index (Phi) is 3.19. The van der Waals surface area contributed by atoms with E-state index in [4.69, 9.17) is 23.2 Å². The van der Waals surface area contributed by atoms with Crippen LogP contribution in [-0.2, 0) is 6.61 Å². The Morgan fingerprint density at radius 1 is 1.31 bits per heavy atom. The molecule has 0 aliphatic rings. The number of halogens is 2. The van der Waals surface area contributed by atoms with E-state index in [2.05, 4.69) is 5.10 Å². The van der Waals surface area contributed by atoms with Crippen LogP contribution in [-0.4, -0.2) is 14.9 Å². The Morgan fingerprint density at radius 3 is 2.62 bits per heavy atom. The van der Waals surface area contributed by atoms with E-state index in [1.807, 2.05) is 6.92 Å². The fourth-order valence-electron chi connectivity index (χ4n) is 1.50. The summed E-state index contributed by atoms with van der Waals surface area (Å²) in [5.41, 5.74) is 2.11. The largest absolute Gasteiger partial charge is 0.392 e. The first kappa shape index (κ1) is 11.5. The summed E-state index contributed by atoms with van der Waals surface area (Å²) in [4.78, 5) is 0. The number of para-hydroxylation sites is 1. The third-order valence-electron chi connectivity index (χ3n) is 2.31. The van der Waals surface area contributed by atoms with Gasteiger partial charge in [0.25, 0.3) is 0 Å². The number of aliphatic hydroxyl groups is 1. The van der Waals surface area contributed by atoms with Crippen molar-refractivity contribution in [3.05, 3.63) is 45.7 Å². The molecule has 0 atom stereocenters. The van der Waals surface area contributed by atoms with E-state index < -0.39 is 0 Å². The van der Waals surface area contributed by atoms with E-state index in [0.29, 0.717) is 21.3 Å². The van der Waals surface area contributed by atoms with Crippen LogP contribution in [0.4, 0.5) is 0 Å². The number of hydrogen-bond acceptors (Lipinski definition) is 2. The Labute approximate surface area is 103 Å². The van der Waals surface area contributed by atoms with Crippen molar-refractivity contribution < 1.29 is 5.11 Å². The van der Waals surface area contributed by atoms with Crippen LogP contribution in [0.3, 0.4) is 0 Å². The molecule has 2 aromatic rings. The lowest BCUT2D eigenvalue weighted by molar-refractivity contribution is 0.281. The molecule has 1 N–H and O–H groups in total. The topological polar surface area (TPSA) is 38.0 Å². The summed E-state index contributed by atoms with van der Waals surface area (Å²) in [6.07, 6.45) is 1.68. The first-order valence-electron chi connectivity index (χ1n) is 4.74. The fraction of sp³-hybridized carbons (Fsp3) is 0.182. The zero-order chi connectivity index (χ0) is 11.7. The molecule has 0 radical (unpaired) electrons. The van der Waals surface area contributed by atoms with Crippen LogP contribution in [0.1, 0.15) is 11.3 Å². The van der Waals surface area contributed by atoms with E-state index in [1.54, 1.807) is 29.1 Å². The highest BCUT2D eigenvalue weighted by molar-refractivity contribution is 6.32. The molecule has 1 aromatic heterocycles. The van der Waals surface area contributed by atoms with Crippen LogP contribution < -0.4 is 0 Å². The number of hydrogen-bond donors (Lipinski definition) is 1. The van der Waals surface area contributed by atoms with Crippen LogP contribution in [0.5, 0.6) is 0 Å². The fourth-order valence-corrected chi connectivity index (χ4v) is 1.91. The molecule has 1 heterocycles. The van der Waals surface area contributed by atoms with Crippen LogP contribution in [0.2, 0.25) is 10.0 Å². The van der Waals surface area contributed by atoms with Crippen molar-refractivity contribution in [3.63, 3.8) is 0 Å². The Bertz CT molecular complexity index is 503. The minimum atomic E-state index is -0.0909. The quantitative estimate of drug-likeness (QED) is 0.898. The summed E-state index contributed by atoms with van der Waals surface area (Å²) in [7, 11) is 0. The summed E-state index contributed by atoms with van der Waals surface area (Å²) in [5.74, 6) is 0. The maximum atomic E-state index is 9.25. The number of benzene rings is 1. The third kappa shape index (κ3) is 1.94. The van der Waals surface area contributed by atoms with Crippen molar-refractivity contribution in [1.82, 2.24) is 9.78 Å². The molecule has 84 valence electrons. The van der Waals surface area contributed by atoms with Crippen molar-refractivity contribution in [2.75, 3.05) is 0 Å². The highest BCUT2D eigenvalue weighted by Crippen LogP contribution is 2.26. The van der Waals surface area contributed by atoms with Gasteiger partial charge in [-0.05, 0) is 13.0 Å². The zero-order valence-electron chi connectivity index (χ0n) is 8.61. The number of aromatic nitrogens is 2. The molecule has 0 bridgehead atoms. The molecule has 16 heavy (non-hydrogen) atoms. The smallest absolute Gasteiger partial charge is 0.0887 e.